The highest BCUT2D eigenvalue weighted by molar-refractivity contribution is 5.94. The van der Waals surface area contributed by atoms with Gasteiger partial charge in [-0.2, -0.15) is 5.10 Å². The number of non-ortho nitro benzene ring substituents is 1. The summed E-state index contributed by atoms with van der Waals surface area (Å²) >= 11 is 0. The average Bonchev–Trinajstić information content (AvgIpc) is 3.05. The lowest BCUT2D eigenvalue weighted by Gasteiger charge is -2.28. The molecule has 0 radical (unpaired) electrons. The van der Waals surface area contributed by atoms with Crippen molar-refractivity contribution in [2.45, 2.75) is 31.8 Å². The van der Waals surface area contributed by atoms with Crippen LogP contribution in [-0.2, 0) is 0 Å². The van der Waals surface area contributed by atoms with E-state index in [-0.39, 0.29) is 30.0 Å². The third-order valence-corrected chi connectivity index (χ3v) is 4.13. The molecule has 2 heterocycles. The van der Waals surface area contributed by atoms with Crippen LogP contribution in [0, 0.1) is 10.1 Å². The molecule has 8 nitrogen and oxygen atoms in total. The number of piperidine rings is 1. The van der Waals surface area contributed by atoms with Gasteiger partial charge in [0.05, 0.1) is 22.4 Å². The van der Waals surface area contributed by atoms with Gasteiger partial charge in [0.2, 0.25) is 0 Å². The maximum atomic E-state index is 12.3. The molecule has 2 atom stereocenters. The predicted molar refractivity (Wildman–Crippen MR) is 95.4 cm³/mol. The molecule has 2 unspecified atom stereocenters. The standard InChI is InChI=1S/C16H19N5O3.ClH/c1-11-8-13(6-7-17-11)19-16(22)12-9-18-20(10-12)14-2-4-15(5-3-14)21(23)24;/h2-5,9-11,13,17H,6-8H2,1H3,(H,19,22);1H. The van der Waals surface area contributed by atoms with Crippen LogP contribution < -0.4 is 10.6 Å². The maximum absolute atomic E-state index is 12.3. The quantitative estimate of drug-likeness (QED) is 0.638. The first-order valence-electron chi connectivity index (χ1n) is 7.86. The van der Waals surface area contributed by atoms with Crippen LogP contribution in [0.1, 0.15) is 30.1 Å². The van der Waals surface area contributed by atoms with Gasteiger partial charge < -0.3 is 10.6 Å². The Hall–Kier alpha value is -2.45. The molecule has 0 aliphatic carbocycles. The highest BCUT2D eigenvalue weighted by Gasteiger charge is 2.21. The van der Waals surface area contributed by atoms with Crippen LogP contribution in [0.3, 0.4) is 0 Å². The molecular formula is C16H20ClN5O3. The van der Waals surface area contributed by atoms with Crippen LogP contribution in [0.25, 0.3) is 5.69 Å². The van der Waals surface area contributed by atoms with Crippen molar-refractivity contribution in [3.63, 3.8) is 0 Å². The van der Waals surface area contributed by atoms with Gasteiger partial charge >= 0.3 is 0 Å². The summed E-state index contributed by atoms with van der Waals surface area (Å²) in [7, 11) is 0. The van der Waals surface area contributed by atoms with Crippen molar-refractivity contribution in [3.8, 4) is 5.69 Å². The number of nitrogens with zero attached hydrogens (tertiary/aromatic N) is 3. The number of hydrogen-bond donors (Lipinski definition) is 2. The lowest BCUT2D eigenvalue weighted by molar-refractivity contribution is -0.384. The van der Waals surface area contributed by atoms with E-state index in [1.165, 1.54) is 23.0 Å². The van der Waals surface area contributed by atoms with Gasteiger partial charge in [0.15, 0.2) is 0 Å². The summed E-state index contributed by atoms with van der Waals surface area (Å²) in [6, 6.07) is 6.58. The average molecular weight is 366 g/mol. The topological polar surface area (TPSA) is 102 Å². The molecule has 1 aliphatic rings. The molecule has 1 amide bonds. The third-order valence-electron chi connectivity index (χ3n) is 4.13. The highest BCUT2D eigenvalue weighted by atomic mass is 35.5. The number of carbonyl (C=O) groups is 1. The highest BCUT2D eigenvalue weighted by Crippen LogP contribution is 2.15. The normalized spacial score (nSPS) is 19.7. The van der Waals surface area contributed by atoms with Crippen LogP contribution in [-0.4, -0.2) is 39.2 Å². The predicted octanol–water partition coefficient (Wildman–Crippen LogP) is 2.07. The molecule has 1 saturated heterocycles. The van der Waals surface area contributed by atoms with Gasteiger partial charge in [-0.15, -0.1) is 12.4 Å². The SMILES string of the molecule is CC1CC(NC(=O)c2cnn(-c3ccc([N+](=O)[O-])cc3)c2)CCN1.Cl. The molecule has 3 rings (SSSR count). The van der Waals surface area contributed by atoms with E-state index in [0.717, 1.165) is 19.4 Å². The minimum atomic E-state index is -0.453. The number of carbonyl (C=O) groups excluding carboxylic acids is 1. The van der Waals surface area contributed by atoms with Gasteiger partial charge in [-0.25, -0.2) is 4.68 Å². The molecule has 1 aromatic heterocycles. The van der Waals surface area contributed by atoms with E-state index < -0.39 is 4.92 Å². The molecule has 1 fully saturated rings. The number of nitro groups is 1. The molecule has 134 valence electrons. The zero-order valence-electron chi connectivity index (χ0n) is 13.7. The van der Waals surface area contributed by atoms with E-state index in [1.54, 1.807) is 18.3 Å². The van der Waals surface area contributed by atoms with E-state index in [4.69, 9.17) is 0 Å². The second kappa shape index (κ2) is 8.09. The summed E-state index contributed by atoms with van der Waals surface area (Å²) in [5.74, 6) is -0.151. The molecule has 0 saturated carbocycles. The molecule has 2 aromatic rings. The fourth-order valence-electron chi connectivity index (χ4n) is 2.84. The molecule has 2 N–H and O–H groups in total. The Balaban J connectivity index is 0.00000225. The zero-order chi connectivity index (χ0) is 17.1. The molecule has 0 spiro atoms. The van der Waals surface area contributed by atoms with Gasteiger partial charge in [-0.1, -0.05) is 0 Å². The maximum Gasteiger partial charge on any atom is 0.269 e. The van der Waals surface area contributed by atoms with Gasteiger partial charge in [0.1, 0.15) is 0 Å². The molecule has 25 heavy (non-hydrogen) atoms. The van der Waals surface area contributed by atoms with Gasteiger partial charge in [0.25, 0.3) is 11.6 Å². The molecule has 1 aliphatic heterocycles. The number of halogens is 1. The fraction of sp³-hybridized carbons (Fsp3) is 0.375. The monoisotopic (exact) mass is 365 g/mol. The van der Waals surface area contributed by atoms with Crippen molar-refractivity contribution < 1.29 is 9.72 Å². The van der Waals surface area contributed by atoms with Gasteiger partial charge in [-0.3, -0.25) is 14.9 Å². The first-order valence-corrected chi connectivity index (χ1v) is 7.86. The van der Waals surface area contributed by atoms with Crippen LogP contribution in [0.15, 0.2) is 36.7 Å². The molecule has 0 bridgehead atoms. The Morgan fingerprint density at radius 2 is 2.12 bits per heavy atom. The number of benzene rings is 1. The van der Waals surface area contributed by atoms with Crippen molar-refractivity contribution in [3.05, 3.63) is 52.3 Å². The number of aromatic nitrogens is 2. The minimum Gasteiger partial charge on any atom is -0.349 e. The summed E-state index contributed by atoms with van der Waals surface area (Å²) < 4.78 is 1.53. The van der Waals surface area contributed by atoms with E-state index in [1.807, 2.05) is 0 Å². The van der Waals surface area contributed by atoms with Crippen molar-refractivity contribution in [1.29, 1.82) is 0 Å². The summed E-state index contributed by atoms with van der Waals surface area (Å²) in [4.78, 5) is 22.6. The van der Waals surface area contributed by atoms with E-state index in [9.17, 15) is 14.9 Å². The third kappa shape index (κ3) is 4.55. The molecule has 9 heteroatoms. The van der Waals surface area contributed by atoms with Crippen LogP contribution >= 0.6 is 12.4 Å². The minimum absolute atomic E-state index is 0. The van der Waals surface area contributed by atoms with Gasteiger partial charge in [-0.05, 0) is 38.4 Å². The van der Waals surface area contributed by atoms with Crippen molar-refractivity contribution in [2.75, 3.05) is 6.54 Å². The number of nitrogens with one attached hydrogen (secondary N) is 2. The van der Waals surface area contributed by atoms with E-state index in [0.29, 0.717) is 17.3 Å². The number of hydrogen-bond acceptors (Lipinski definition) is 5. The molecular weight excluding hydrogens is 346 g/mol. The van der Waals surface area contributed by atoms with Gasteiger partial charge in [0, 0.05) is 30.4 Å². The first-order chi connectivity index (χ1) is 11.5. The Morgan fingerprint density at radius 3 is 2.76 bits per heavy atom. The zero-order valence-corrected chi connectivity index (χ0v) is 14.5. The Bertz CT molecular complexity index is 746. The Kier molecular flexibility index (Phi) is 6.11. The fourth-order valence-corrected chi connectivity index (χ4v) is 2.84. The van der Waals surface area contributed by atoms with Crippen molar-refractivity contribution in [1.82, 2.24) is 20.4 Å². The molecule has 1 aromatic carbocycles. The Morgan fingerprint density at radius 1 is 1.40 bits per heavy atom. The summed E-state index contributed by atoms with van der Waals surface area (Å²) in [6.07, 6.45) is 4.94. The van der Waals surface area contributed by atoms with Crippen molar-refractivity contribution in [2.24, 2.45) is 0 Å². The van der Waals surface area contributed by atoms with Crippen molar-refractivity contribution >= 4 is 24.0 Å². The number of rotatable bonds is 4. The smallest absolute Gasteiger partial charge is 0.269 e. The second-order valence-electron chi connectivity index (χ2n) is 6.00. The largest absolute Gasteiger partial charge is 0.349 e. The van der Waals surface area contributed by atoms with E-state index >= 15 is 0 Å². The lowest BCUT2D eigenvalue weighted by Crippen LogP contribution is -2.46. The number of nitro benzene ring substituents is 1. The van der Waals surface area contributed by atoms with E-state index in [2.05, 4.69) is 22.7 Å². The van der Waals surface area contributed by atoms with Crippen LogP contribution in [0.2, 0.25) is 0 Å². The summed E-state index contributed by atoms with van der Waals surface area (Å²) in [5, 5.41) is 21.2. The second-order valence-corrected chi connectivity index (χ2v) is 6.00. The first kappa shape index (κ1) is 18.9. The lowest BCUT2D eigenvalue weighted by atomic mass is 10.0. The Labute approximate surface area is 151 Å². The van der Waals surface area contributed by atoms with Crippen LogP contribution in [0.5, 0.6) is 0 Å². The van der Waals surface area contributed by atoms with Crippen LogP contribution in [0.4, 0.5) is 5.69 Å². The summed E-state index contributed by atoms with van der Waals surface area (Å²) in [5.41, 5.74) is 1.15. The number of amides is 1. The summed E-state index contributed by atoms with van der Waals surface area (Å²) in [6.45, 7) is 3.00.